The lowest BCUT2D eigenvalue weighted by atomic mass is 10.1. The van der Waals surface area contributed by atoms with E-state index in [1.54, 1.807) is 18.3 Å². The van der Waals surface area contributed by atoms with Gasteiger partial charge in [0.1, 0.15) is 0 Å². The molecule has 0 bridgehead atoms. The Hall–Kier alpha value is -0.970. The zero-order valence-corrected chi connectivity index (χ0v) is 6.72. The van der Waals surface area contributed by atoms with Gasteiger partial charge in [-0.1, -0.05) is 6.07 Å². The van der Waals surface area contributed by atoms with E-state index in [1.807, 2.05) is 6.07 Å². The minimum absolute atomic E-state index is 0.127. The molecule has 0 amide bonds. The van der Waals surface area contributed by atoms with Crippen molar-refractivity contribution in [1.29, 1.82) is 0 Å². The van der Waals surface area contributed by atoms with Crippen LogP contribution in [0.15, 0.2) is 24.4 Å². The molecule has 0 aliphatic heterocycles. The Morgan fingerprint density at radius 3 is 2.67 bits per heavy atom. The number of aliphatic hydroxyl groups excluding tert-OH is 1. The molecule has 0 aliphatic carbocycles. The van der Waals surface area contributed by atoms with Crippen LogP contribution in [0.1, 0.15) is 11.7 Å². The third-order valence-corrected chi connectivity index (χ3v) is 1.70. The maximum Gasteiger partial charge on any atom is 0.0646 e. The molecule has 0 spiro atoms. The molecule has 0 saturated carbocycles. The first-order chi connectivity index (χ1) is 5.75. The molecule has 0 aliphatic rings. The largest absolute Gasteiger partial charge is 0.395 e. The number of aromatic nitrogens is 1. The molecule has 1 heterocycles. The van der Waals surface area contributed by atoms with Crippen LogP contribution in [0.3, 0.4) is 0 Å². The van der Waals surface area contributed by atoms with Crippen LogP contribution < -0.4 is 11.5 Å². The predicted molar refractivity (Wildman–Crippen MR) is 46.2 cm³/mol. The highest BCUT2D eigenvalue weighted by Gasteiger charge is 2.14. The molecular weight excluding hydrogens is 154 g/mol. The summed E-state index contributed by atoms with van der Waals surface area (Å²) in [5.74, 6) is 0. The fraction of sp³-hybridized carbons (Fsp3) is 0.375. The summed E-state index contributed by atoms with van der Waals surface area (Å²) in [7, 11) is 0. The van der Waals surface area contributed by atoms with E-state index in [2.05, 4.69) is 4.98 Å². The molecule has 0 fully saturated rings. The van der Waals surface area contributed by atoms with Crippen molar-refractivity contribution < 1.29 is 5.11 Å². The average molecular weight is 167 g/mol. The minimum atomic E-state index is -0.445. The topological polar surface area (TPSA) is 85.2 Å². The molecule has 12 heavy (non-hydrogen) atoms. The van der Waals surface area contributed by atoms with Crippen molar-refractivity contribution in [3.05, 3.63) is 30.1 Å². The van der Waals surface area contributed by atoms with E-state index >= 15 is 0 Å². The van der Waals surface area contributed by atoms with Crippen LogP contribution in [-0.2, 0) is 0 Å². The molecule has 0 radical (unpaired) electrons. The molecule has 1 rings (SSSR count). The van der Waals surface area contributed by atoms with Gasteiger partial charge in [0.25, 0.3) is 0 Å². The lowest BCUT2D eigenvalue weighted by molar-refractivity contribution is 0.248. The van der Waals surface area contributed by atoms with Gasteiger partial charge in [-0.25, -0.2) is 0 Å². The van der Waals surface area contributed by atoms with Crippen LogP contribution in [0.25, 0.3) is 0 Å². The van der Waals surface area contributed by atoms with Crippen molar-refractivity contribution in [2.24, 2.45) is 11.5 Å². The maximum absolute atomic E-state index is 8.73. The molecule has 2 unspecified atom stereocenters. The quantitative estimate of drug-likeness (QED) is 0.561. The van der Waals surface area contributed by atoms with E-state index in [-0.39, 0.29) is 6.61 Å². The van der Waals surface area contributed by atoms with E-state index in [0.717, 1.165) is 0 Å². The highest BCUT2D eigenvalue weighted by atomic mass is 16.3. The van der Waals surface area contributed by atoms with E-state index < -0.39 is 12.1 Å². The number of aliphatic hydroxyl groups is 1. The molecule has 4 nitrogen and oxygen atoms in total. The van der Waals surface area contributed by atoms with Crippen molar-refractivity contribution in [2.75, 3.05) is 6.61 Å². The number of rotatable bonds is 3. The molecule has 2 atom stereocenters. The van der Waals surface area contributed by atoms with Gasteiger partial charge in [0.15, 0.2) is 0 Å². The third kappa shape index (κ3) is 2.01. The van der Waals surface area contributed by atoms with Gasteiger partial charge in [0.05, 0.1) is 18.3 Å². The third-order valence-electron chi connectivity index (χ3n) is 1.70. The van der Waals surface area contributed by atoms with E-state index in [4.69, 9.17) is 16.6 Å². The van der Waals surface area contributed by atoms with Gasteiger partial charge in [0.2, 0.25) is 0 Å². The van der Waals surface area contributed by atoms with Gasteiger partial charge < -0.3 is 16.6 Å². The Balaban J connectivity index is 2.71. The first-order valence-corrected chi connectivity index (χ1v) is 3.78. The number of pyridine rings is 1. The normalized spacial score (nSPS) is 15.6. The SMILES string of the molecule is NC(CO)C(N)c1ccccn1. The number of hydrogen-bond donors (Lipinski definition) is 3. The number of nitrogens with two attached hydrogens (primary N) is 2. The van der Waals surface area contributed by atoms with Crippen molar-refractivity contribution >= 4 is 0 Å². The van der Waals surface area contributed by atoms with Crippen LogP contribution in [0.2, 0.25) is 0 Å². The Bertz CT molecular complexity index is 227. The van der Waals surface area contributed by atoms with Crippen molar-refractivity contribution in [3.63, 3.8) is 0 Å². The molecule has 5 N–H and O–H groups in total. The summed E-state index contributed by atoms with van der Waals surface area (Å²) in [5.41, 5.74) is 11.9. The van der Waals surface area contributed by atoms with Gasteiger partial charge >= 0.3 is 0 Å². The minimum Gasteiger partial charge on any atom is -0.395 e. The predicted octanol–water partition coefficient (Wildman–Crippen LogP) is -0.599. The van der Waals surface area contributed by atoms with E-state index in [0.29, 0.717) is 5.69 Å². The monoisotopic (exact) mass is 167 g/mol. The number of hydrogen-bond acceptors (Lipinski definition) is 4. The summed E-state index contributed by atoms with van der Waals surface area (Å²) in [4.78, 5) is 4.03. The fourth-order valence-corrected chi connectivity index (χ4v) is 0.906. The Kier molecular flexibility index (Phi) is 3.16. The van der Waals surface area contributed by atoms with E-state index in [1.165, 1.54) is 0 Å². The highest BCUT2D eigenvalue weighted by molar-refractivity contribution is 5.10. The van der Waals surface area contributed by atoms with Crippen LogP contribution in [0.5, 0.6) is 0 Å². The van der Waals surface area contributed by atoms with Gasteiger partial charge in [-0.05, 0) is 12.1 Å². The second-order valence-corrected chi connectivity index (χ2v) is 2.63. The summed E-state index contributed by atoms with van der Waals surface area (Å²) in [6.07, 6.45) is 1.65. The Morgan fingerprint density at radius 1 is 1.42 bits per heavy atom. The lowest BCUT2D eigenvalue weighted by Gasteiger charge is -2.16. The molecular formula is C8H13N3O. The first kappa shape index (κ1) is 9.12. The maximum atomic E-state index is 8.73. The van der Waals surface area contributed by atoms with Gasteiger partial charge in [-0.15, -0.1) is 0 Å². The van der Waals surface area contributed by atoms with Crippen molar-refractivity contribution in [2.45, 2.75) is 12.1 Å². The summed E-state index contributed by atoms with van der Waals surface area (Å²) in [6, 6.07) is 4.60. The first-order valence-electron chi connectivity index (χ1n) is 3.78. The molecule has 1 aromatic heterocycles. The molecule has 0 aromatic carbocycles. The van der Waals surface area contributed by atoms with Crippen LogP contribution >= 0.6 is 0 Å². The zero-order chi connectivity index (χ0) is 8.97. The van der Waals surface area contributed by atoms with Gasteiger partial charge in [0, 0.05) is 12.2 Å². The Labute approximate surface area is 71.2 Å². The average Bonchev–Trinajstić information content (AvgIpc) is 2.17. The molecule has 0 saturated heterocycles. The Morgan fingerprint density at radius 2 is 2.17 bits per heavy atom. The van der Waals surface area contributed by atoms with Crippen LogP contribution in [-0.4, -0.2) is 22.7 Å². The second-order valence-electron chi connectivity index (χ2n) is 2.63. The van der Waals surface area contributed by atoms with Crippen LogP contribution in [0.4, 0.5) is 0 Å². The summed E-state index contributed by atoms with van der Waals surface area (Å²) in [5, 5.41) is 8.73. The molecule has 1 aromatic rings. The van der Waals surface area contributed by atoms with Gasteiger partial charge in [-0.2, -0.15) is 0 Å². The second kappa shape index (κ2) is 4.15. The zero-order valence-electron chi connectivity index (χ0n) is 6.72. The smallest absolute Gasteiger partial charge is 0.0646 e. The standard InChI is InChI=1S/C8H13N3O/c9-6(5-12)8(10)7-3-1-2-4-11-7/h1-4,6,8,12H,5,9-10H2. The summed E-state index contributed by atoms with van der Waals surface area (Å²) >= 11 is 0. The number of nitrogens with zero attached hydrogens (tertiary/aromatic N) is 1. The molecule has 4 heteroatoms. The fourth-order valence-electron chi connectivity index (χ4n) is 0.906. The molecule has 66 valence electrons. The van der Waals surface area contributed by atoms with Crippen molar-refractivity contribution in [3.8, 4) is 0 Å². The highest BCUT2D eigenvalue weighted by Crippen LogP contribution is 2.08. The lowest BCUT2D eigenvalue weighted by Crippen LogP contribution is -2.37. The summed E-state index contributed by atoms with van der Waals surface area (Å²) in [6.45, 7) is -0.127. The van der Waals surface area contributed by atoms with Crippen molar-refractivity contribution in [1.82, 2.24) is 4.98 Å². The summed E-state index contributed by atoms with van der Waals surface area (Å²) < 4.78 is 0. The van der Waals surface area contributed by atoms with Crippen LogP contribution in [0, 0.1) is 0 Å². The van der Waals surface area contributed by atoms with Gasteiger partial charge in [-0.3, -0.25) is 4.98 Å². The van der Waals surface area contributed by atoms with E-state index in [9.17, 15) is 0 Å².